The Hall–Kier alpha value is -2.11. The number of aliphatic hydroxyl groups excluding tert-OH is 1. The molecular formula is C15H14ClNO4. The Morgan fingerprint density at radius 3 is 2.71 bits per heavy atom. The van der Waals surface area contributed by atoms with Gasteiger partial charge in [-0.15, -0.1) is 0 Å². The van der Waals surface area contributed by atoms with Crippen LogP contribution in [-0.2, 0) is 6.42 Å². The van der Waals surface area contributed by atoms with Crippen LogP contribution in [0.4, 0.5) is 5.69 Å². The number of ether oxygens (including phenoxy) is 1. The average molecular weight is 308 g/mol. The lowest BCUT2D eigenvalue weighted by Gasteiger charge is -2.15. The molecule has 0 spiro atoms. The van der Waals surface area contributed by atoms with E-state index in [1.165, 1.54) is 13.2 Å². The standard InChI is InChI=1S/C15H14ClNO4/c1-21-15-7-6-11(16)9-12(15)14(18)8-10-4-2-3-5-13(10)17(19)20/h2-7,9,14,18H,8H2,1H3. The fourth-order valence-corrected chi connectivity index (χ4v) is 2.33. The van der Waals surface area contributed by atoms with Crippen LogP contribution in [0, 0.1) is 10.1 Å². The number of para-hydroxylation sites is 1. The summed E-state index contributed by atoms with van der Waals surface area (Å²) in [7, 11) is 1.49. The minimum absolute atomic E-state index is 0.0162. The van der Waals surface area contributed by atoms with Gasteiger partial charge in [0, 0.05) is 28.6 Å². The Bertz CT molecular complexity index is 660. The van der Waals surface area contributed by atoms with Crippen molar-refractivity contribution < 1.29 is 14.8 Å². The molecule has 21 heavy (non-hydrogen) atoms. The van der Waals surface area contributed by atoms with Crippen LogP contribution >= 0.6 is 11.6 Å². The van der Waals surface area contributed by atoms with E-state index < -0.39 is 11.0 Å². The highest BCUT2D eigenvalue weighted by atomic mass is 35.5. The molecule has 0 heterocycles. The smallest absolute Gasteiger partial charge is 0.272 e. The highest BCUT2D eigenvalue weighted by Crippen LogP contribution is 2.32. The van der Waals surface area contributed by atoms with E-state index in [9.17, 15) is 15.2 Å². The third-order valence-corrected chi connectivity index (χ3v) is 3.39. The largest absolute Gasteiger partial charge is 0.496 e. The molecule has 0 saturated heterocycles. The number of rotatable bonds is 5. The second-order valence-electron chi connectivity index (χ2n) is 4.49. The Morgan fingerprint density at radius 1 is 1.33 bits per heavy atom. The van der Waals surface area contributed by atoms with Crippen molar-refractivity contribution in [3.63, 3.8) is 0 Å². The van der Waals surface area contributed by atoms with Gasteiger partial charge < -0.3 is 9.84 Å². The maximum Gasteiger partial charge on any atom is 0.272 e. The number of nitrogens with zero attached hydrogens (tertiary/aromatic N) is 1. The van der Waals surface area contributed by atoms with Gasteiger partial charge in [-0.2, -0.15) is 0 Å². The summed E-state index contributed by atoms with van der Waals surface area (Å²) in [5, 5.41) is 21.8. The van der Waals surface area contributed by atoms with E-state index in [0.717, 1.165) is 0 Å². The van der Waals surface area contributed by atoms with Crippen LogP contribution in [-0.4, -0.2) is 17.1 Å². The third kappa shape index (κ3) is 3.51. The number of nitro benzene ring substituents is 1. The predicted molar refractivity (Wildman–Crippen MR) is 79.8 cm³/mol. The second-order valence-corrected chi connectivity index (χ2v) is 4.93. The zero-order valence-corrected chi connectivity index (χ0v) is 12.1. The summed E-state index contributed by atoms with van der Waals surface area (Å²) >= 11 is 5.93. The molecule has 2 aromatic carbocycles. The number of halogens is 1. The predicted octanol–water partition coefficient (Wildman–Crippen LogP) is 3.53. The van der Waals surface area contributed by atoms with Crippen LogP contribution in [0.3, 0.4) is 0 Å². The van der Waals surface area contributed by atoms with Crippen LogP contribution in [0.2, 0.25) is 5.02 Å². The van der Waals surface area contributed by atoms with Crippen molar-refractivity contribution in [1.82, 2.24) is 0 Å². The van der Waals surface area contributed by atoms with Crippen molar-refractivity contribution in [3.8, 4) is 5.75 Å². The molecule has 0 saturated carbocycles. The molecule has 0 aromatic heterocycles. The van der Waals surface area contributed by atoms with Crippen molar-refractivity contribution >= 4 is 17.3 Å². The average Bonchev–Trinajstić information content (AvgIpc) is 2.47. The number of aliphatic hydroxyl groups is 1. The monoisotopic (exact) mass is 307 g/mol. The van der Waals surface area contributed by atoms with Gasteiger partial charge in [0.2, 0.25) is 0 Å². The molecule has 5 nitrogen and oxygen atoms in total. The van der Waals surface area contributed by atoms with Gasteiger partial charge >= 0.3 is 0 Å². The first-order valence-electron chi connectivity index (χ1n) is 6.26. The highest BCUT2D eigenvalue weighted by molar-refractivity contribution is 6.30. The van der Waals surface area contributed by atoms with Crippen molar-refractivity contribution in [2.75, 3.05) is 7.11 Å². The van der Waals surface area contributed by atoms with Crippen LogP contribution < -0.4 is 4.74 Å². The van der Waals surface area contributed by atoms with E-state index in [4.69, 9.17) is 16.3 Å². The lowest BCUT2D eigenvalue weighted by atomic mass is 9.99. The van der Waals surface area contributed by atoms with E-state index in [0.29, 0.717) is 21.9 Å². The van der Waals surface area contributed by atoms with Gasteiger partial charge in [0.1, 0.15) is 5.75 Å². The summed E-state index contributed by atoms with van der Waals surface area (Å²) in [4.78, 5) is 10.5. The molecule has 1 N–H and O–H groups in total. The molecule has 0 amide bonds. The van der Waals surface area contributed by atoms with Gasteiger partial charge in [-0.3, -0.25) is 10.1 Å². The third-order valence-electron chi connectivity index (χ3n) is 3.15. The van der Waals surface area contributed by atoms with E-state index in [-0.39, 0.29) is 12.1 Å². The van der Waals surface area contributed by atoms with Gasteiger partial charge in [0.05, 0.1) is 18.1 Å². The molecular weight excluding hydrogens is 294 g/mol. The summed E-state index contributed by atoms with van der Waals surface area (Å²) in [5.74, 6) is 0.491. The van der Waals surface area contributed by atoms with E-state index in [1.807, 2.05) is 0 Å². The molecule has 1 unspecified atom stereocenters. The fraction of sp³-hybridized carbons (Fsp3) is 0.200. The first kappa shape index (κ1) is 15.3. The van der Waals surface area contributed by atoms with Crippen LogP contribution in [0.1, 0.15) is 17.2 Å². The SMILES string of the molecule is COc1ccc(Cl)cc1C(O)Cc1ccccc1[N+](=O)[O-]. The van der Waals surface area contributed by atoms with Crippen LogP contribution in [0.5, 0.6) is 5.75 Å². The maximum absolute atomic E-state index is 11.0. The number of benzene rings is 2. The quantitative estimate of drug-likeness (QED) is 0.677. The summed E-state index contributed by atoms with van der Waals surface area (Å²) in [6.45, 7) is 0. The highest BCUT2D eigenvalue weighted by Gasteiger charge is 2.19. The topological polar surface area (TPSA) is 72.6 Å². The maximum atomic E-state index is 11.0. The summed E-state index contributed by atoms with van der Waals surface area (Å²) < 4.78 is 5.18. The van der Waals surface area contributed by atoms with Gasteiger partial charge in [0.25, 0.3) is 5.69 Å². The van der Waals surface area contributed by atoms with Crippen molar-refractivity contribution in [2.45, 2.75) is 12.5 Å². The lowest BCUT2D eigenvalue weighted by Crippen LogP contribution is -2.06. The zero-order chi connectivity index (χ0) is 15.4. The molecule has 1 atom stereocenters. The van der Waals surface area contributed by atoms with Gasteiger partial charge in [-0.25, -0.2) is 0 Å². The molecule has 0 aliphatic rings. The van der Waals surface area contributed by atoms with Crippen molar-refractivity contribution in [2.24, 2.45) is 0 Å². The Balaban J connectivity index is 2.32. The second kappa shape index (κ2) is 6.56. The number of hydrogen-bond donors (Lipinski definition) is 1. The Labute approximate surface area is 126 Å². The van der Waals surface area contributed by atoms with E-state index in [1.54, 1.807) is 36.4 Å². The Morgan fingerprint density at radius 2 is 2.05 bits per heavy atom. The Kier molecular flexibility index (Phi) is 4.77. The van der Waals surface area contributed by atoms with Gasteiger partial charge in [-0.05, 0) is 18.2 Å². The van der Waals surface area contributed by atoms with Crippen LogP contribution in [0.25, 0.3) is 0 Å². The normalized spacial score (nSPS) is 12.0. The molecule has 0 aliphatic heterocycles. The van der Waals surface area contributed by atoms with Crippen molar-refractivity contribution in [1.29, 1.82) is 0 Å². The first-order valence-corrected chi connectivity index (χ1v) is 6.64. The number of methoxy groups -OCH3 is 1. The molecule has 0 radical (unpaired) electrons. The zero-order valence-electron chi connectivity index (χ0n) is 11.3. The molecule has 2 rings (SSSR count). The first-order chi connectivity index (χ1) is 10.0. The van der Waals surface area contributed by atoms with E-state index >= 15 is 0 Å². The molecule has 0 bridgehead atoms. The molecule has 0 aliphatic carbocycles. The van der Waals surface area contributed by atoms with Gasteiger partial charge in [-0.1, -0.05) is 29.8 Å². The molecule has 6 heteroatoms. The minimum Gasteiger partial charge on any atom is -0.496 e. The fourth-order valence-electron chi connectivity index (χ4n) is 2.15. The van der Waals surface area contributed by atoms with Crippen LogP contribution in [0.15, 0.2) is 42.5 Å². The molecule has 0 fully saturated rings. The van der Waals surface area contributed by atoms with Gasteiger partial charge in [0.15, 0.2) is 0 Å². The lowest BCUT2D eigenvalue weighted by molar-refractivity contribution is -0.385. The van der Waals surface area contributed by atoms with Crippen molar-refractivity contribution in [3.05, 3.63) is 68.7 Å². The number of hydrogen-bond acceptors (Lipinski definition) is 4. The number of nitro groups is 1. The minimum atomic E-state index is -0.945. The summed E-state index contributed by atoms with van der Waals surface area (Å²) in [6, 6.07) is 11.2. The van der Waals surface area contributed by atoms with E-state index in [2.05, 4.69) is 0 Å². The molecule has 2 aromatic rings. The summed E-state index contributed by atoms with van der Waals surface area (Å²) in [6.07, 6.45) is -0.840. The summed E-state index contributed by atoms with van der Waals surface area (Å²) in [5.41, 5.74) is 0.942. The molecule has 110 valence electrons.